The van der Waals surface area contributed by atoms with Crippen molar-refractivity contribution in [2.45, 2.75) is 50.2 Å². The SMILES string of the molecule is CCn1nccc1S(=O)(=O)NC1CCCCC1CN.Cl. The first-order valence-electron chi connectivity index (χ1n) is 6.82. The molecule has 0 spiro atoms. The minimum absolute atomic E-state index is 0. The first-order valence-corrected chi connectivity index (χ1v) is 8.31. The topological polar surface area (TPSA) is 90.0 Å². The van der Waals surface area contributed by atoms with E-state index in [0.717, 1.165) is 25.7 Å². The average molecular weight is 323 g/mol. The van der Waals surface area contributed by atoms with Crippen molar-refractivity contribution in [1.82, 2.24) is 14.5 Å². The van der Waals surface area contributed by atoms with Crippen LogP contribution in [0.2, 0.25) is 0 Å². The molecular weight excluding hydrogens is 300 g/mol. The Labute approximate surface area is 126 Å². The highest BCUT2D eigenvalue weighted by atomic mass is 35.5. The first-order chi connectivity index (χ1) is 9.08. The number of hydrogen-bond donors (Lipinski definition) is 2. The van der Waals surface area contributed by atoms with E-state index in [2.05, 4.69) is 9.82 Å². The molecule has 1 fully saturated rings. The maximum absolute atomic E-state index is 12.4. The van der Waals surface area contributed by atoms with Crippen molar-refractivity contribution in [2.24, 2.45) is 11.7 Å². The molecule has 1 aromatic heterocycles. The Kier molecular flexibility index (Phi) is 6.44. The summed E-state index contributed by atoms with van der Waals surface area (Å²) in [5.74, 6) is 0.238. The van der Waals surface area contributed by atoms with Crippen LogP contribution in [0.25, 0.3) is 0 Å². The third kappa shape index (κ3) is 3.72. The average Bonchev–Trinajstić information content (AvgIpc) is 2.88. The van der Waals surface area contributed by atoms with Crippen molar-refractivity contribution in [1.29, 1.82) is 0 Å². The van der Waals surface area contributed by atoms with Crippen molar-refractivity contribution >= 4 is 22.4 Å². The molecule has 3 N–H and O–H groups in total. The van der Waals surface area contributed by atoms with Crippen LogP contribution in [0.3, 0.4) is 0 Å². The number of rotatable bonds is 5. The van der Waals surface area contributed by atoms with E-state index in [4.69, 9.17) is 5.73 Å². The summed E-state index contributed by atoms with van der Waals surface area (Å²) in [5.41, 5.74) is 5.73. The minimum atomic E-state index is -3.51. The van der Waals surface area contributed by atoms with Gasteiger partial charge in [0.25, 0.3) is 10.0 Å². The summed E-state index contributed by atoms with van der Waals surface area (Å²) < 4.78 is 29.1. The molecule has 1 aliphatic carbocycles. The lowest BCUT2D eigenvalue weighted by molar-refractivity contribution is 0.295. The van der Waals surface area contributed by atoms with Crippen molar-refractivity contribution in [3.8, 4) is 0 Å². The number of sulfonamides is 1. The highest BCUT2D eigenvalue weighted by molar-refractivity contribution is 7.89. The molecule has 0 saturated heterocycles. The van der Waals surface area contributed by atoms with E-state index >= 15 is 0 Å². The molecule has 1 aromatic rings. The van der Waals surface area contributed by atoms with Gasteiger partial charge in [-0.2, -0.15) is 5.10 Å². The molecule has 6 nitrogen and oxygen atoms in total. The van der Waals surface area contributed by atoms with E-state index < -0.39 is 10.0 Å². The van der Waals surface area contributed by atoms with Gasteiger partial charge in [-0.1, -0.05) is 12.8 Å². The molecule has 8 heteroatoms. The molecule has 20 heavy (non-hydrogen) atoms. The van der Waals surface area contributed by atoms with E-state index in [0.29, 0.717) is 13.1 Å². The molecule has 1 aliphatic rings. The summed E-state index contributed by atoms with van der Waals surface area (Å²) in [4.78, 5) is 0. The Morgan fingerprint density at radius 3 is 2.80 bits per heavy atom. The Hall–Kier alpha value is -0.630. The number of nitrogens with two attached hydrogens (primary N) is 1. The normalized spacial score (nSPS) is 23.3. The summed E-state index contributed by atoms with van der Waals surface area (Å²) in [5, 5.41) is 4.24. The molecule has 0 aliphatic heterocycles. The van der Waals surface area contributed by atoms with E-state index in [9.17, 15) is 8.42 Å². The molecule has 0 amide bonds. The summed E-state index contributed by atoms with van der Waals surface area (Å²) in [6.07, 6.45) is 5.56. The van der Waals surface area contributed by atoms with Crippen LogP contribution < -0.4 is 10.5 Å². The van der Waals surface area contributed by atoms with Crippen molar-refractivity contribution in [3.63, 3.8) is 0 Å². The van der Waals surface area contributed by atoms with Gasteiger partial charge in [0.2, 0.25) is 0 Å². The summed E-state index contributed by atoms with van der Waals surface area (Å²) in [6, 6.07) is 1.48. The molecule has 2 rings (SSSR count). The van der Waals surface area contributed by atoms with Crippen LogP contribution in [0, 0.1) is 5.92 Å². The lowest BCUT2D eigenvalue weighted by Gasteiger charge is -2.30. The van der Waals surface area contributed by atoms with Gasteiger partial charge in [0.05, 0.1) is 6.20 Å². The fraction of sp³-hybridized carbons (Fsp3) is 0.750. The van der Waals surface area contributed by atoms with Crippen LogP contribution in [0.1, 0.15) is 32.6 Å². The quantitative estimate of drug-likeness (QED) is 0.850. The molecule has 2 atom stereocenters. The number of hydrogen-bond acceptors (Lipinski definition) is 4. The van der Waals surface area contributed by atoms with Gasteiger partial charge in [-0.25, -0.2) is 13.1 Å². The maximum atomic E-state index is 12.4. The van der Waals surface area contributed by atoms with Gasteiger partial charge in [-0.05, 0) is 38.3 Å². The van der Waals surface area contributed by atoms with E-state index in [1.54, 1.807) is 0 Å². The zero-order chi connectivity index (χ0) is 13.9. The predicted molar refractivity (Wildman–Crippen MR) is 80.3 cm³/mol. The molecule has 1 heterocycles. The number of aromatic nitrogens is 2. The number of nitrogens with zero attached hydrogens (tertiary/aromatic N) is 2. The smallest absolute Gasteiger partial charge is 0.257 e. The largest absolute Gasteiger partial charge is 0.330 e. The second kappa shape index (κ2) is 7.40. The maximum Gasteiger partial charge on any atom is 0.257 e. The van der Waals surface area contributed by atoms with Crippen LogP contribution >= 0.6 is 12.4 Å². The van der Waals surface area contributed by atoms with Crippen LogP contribution in [-0.4, -0.2) is 30.8 Å². The zero-order valence-corrected chi connectivity index (χ0v) is 13.3. The Morgan fingerprint density at radius 1 is 1.45 bits per heavy atom. The Bertz CT molecular complexity index is 517. The monoisotopic (exact) mass is 322 g/mol. The van der Waals surface area contributed by atoms with Gasteiger partial charge in [0.15, 0.2) is 5.03 Å². The van der Waals surface area contributed by atoms with Gasteiger partial charge >= 0.3 is 0 Å². The molecule has 1 saturated carbocycles. The van der Waals surface area contributed by atoms with Crippen molar-refractivity contribution in [2.75, 3.05) is 6.54 Å². The lowest BCUT2D eigenvalue weighted by Crippen LogP contribution is -2.45. The van der Waals surface area contributed by atoms with Crippen LogP contribution in [-0.2, 0) is 16.6 Å². The summed E-state index contributed by atoms with van der Waals surface area (Å²) in [7, 11) is -3.51. The van der Waals surface area contributed by atoms with Gasteiger partial charge in [0.1, 0.15) is 0 Å². The summed E-state index contributed by atoms with van der Waals surface area (Å²) in [6.45, 7) is 2.93. The Morgan fingerprint density at radius 2 is 2.15 bits per heavy atom. The second-order valence-electron chi connectivity index (χ2n) is 4.99. The standard InChI is InChI=1S/C12H22N4O2S.ClH/c1-2-16-12(7-8-14-16)19(17,18)15-11-6-4-3-5-10(11)9-13;/h7-8,10-11,15H,2-6,9,13H2,1H3;1H. The summed E-state index contributed by atoms with van der Waals surface area (Å²) >= 11 is 0. The highest BCUT2D eigenvalue weighted by Gasteiger charge is 2.29. The zero-order valence-electron chi connectivity index (χ0n) is 11.7. The number of halogens is 1. The van der Waals surface area contributed by atoms with E-state index in [1.807, 2.05) is 6.92 Å². The lowest BCUT2D eigenvalue weighted by atomic mass is 9.85. The molecule has 116 valence electrons. The third-order valence-corrected chi connectivity index (χ3v) is 5.28. The number of aryl methyl sites for hydroxylation is 1. The van der Waals surface area contributed by atoms with E-state index in [1.165, 1.54) is 16.9 Å². The third-order valence-electron chi connectivity index (χ3n) is 3.77. The van der Waals surface area contributed by atoms with Gasteiger partial charge < -0.3 is 5.73 Å². The van der Waals surface area contributed by atoms with Crippen molar-refractivity contribution in [3.05, 3.63) is 12.3 Å². The fourth-order valence-corrected chi connectivity index (χ4v) is 4.21. The molecule has 0 radical (unpaired) electrons. The molecular formula is C12H23ClN4O2S. The second-order valence-corrected chi connectivity index (χ2v) is 6.65. The van der Waals surface area contributed by atoms with Gasteiger partial charge in [-0.15, -0.1) is 12.4 Å². The Balaban J connectivity index is 0.00000200. The van der Waals surface area contributed by atoms with Crippen LogP contribution in [0.5, 0.6) is 0 Å². The predicted octanol–water partition coefficient (Wildman–Crippen LogP) is 1.12. The molecule has 2 unspecified atom stereocenters. The molecule has 0 bridgehead atoms. The van der Waals surface area contributed by atoms with Crippen LogP contribution in [0.15, 0.2) is 17.3 Å². The van der Waals surface area contributed by atoms with Crippen molar-refractivity contribution < 1.29 is 8.42 Å². The minimum Gasteiger partial charge on any atom is -0.330 e. The van der Waals surface area contributed by atoms with Crippen LogP contribution in [0.4, 0.5) is 0 Å². The van der Waals surface area contributed by atoms with Gasteiger partial charge in [-0.3, -0.25) is 4.68 Å². The van der Waals surface area contributed by atoms with Gasteiger partial charge in [0, 0.05) is 12.6 Å². The highest BCUT2D eigenvalue weighted by Crippen LogP contribution is 2.25. The van der Waals surface area contributed by atoms with E-state index in [-0.39, 0.29) is 29.4 Å². The number of nitrogens with one attached hydrogen (secondary N) is 1. The fourth-order valence-electron chi connectivity index (χ4n) is 2.69. The molecule has 0 aromatic carbocycles. The first kappa shape index (κ1) is 17.4.